The molecule has 2 fully saturated rings. The summed E-state index contributed by atoms with van der Waals surface area (Å²) in [7, 11) is 0. The van der Waals surface area contributed by atoms with Crippen molar-refractivity contribution in [2.24, 2.45) is 11.8 Å². The number of hydrogen-bond acceptors (Lipinski definition) is 3. The first-order chi connectivity index (χ1) is 12.5. The maximum atomic E-state index is 12.7. The van der Waals surface area contributed by atoms with E-state index in [9.17, 15) is 9.59 Å². The summed E-state index contributed by atoms with van der Waals surface area (Å²) in [6, 6.07) is 7.71. The highest BCUT2D eigenvalue weighted by Crippen LogP contribution is 2.24. The first kappa shape index (κ1) is 18.7. The summed E-state index contributed by atoms with van der Waals surface area (Å²) < 4.78 is 0. The highest BCUT2D eigenvalue weighted by molar-refractivity contribution is 5.80. The SMILES string of the molecule is CC1CCN(C(=O)C2CCN(C(=O)CCc3ccccc3N)CC2)CC1. The van der Waals surface area contributed by atoms with Crippen LogP contribution in [0.5, 0.6) is 0 Å². The van der Waals surface area contributed by atoms with Crippen LogP contribution < -0.4 is 5.73 Å². The van der Waals surface area contributed by atoms with Crippen molar-refractivity contribution in [2.75, 3.05) is 31.9 Å². The van der Waals surface area contributed by atoms with Crippen molar-refractivity contribution in [2.45, 2.75) is 45.4 Å². The lowest BCUT2D eigenvalue weighted by atomic mass is 9.92. The van der Waals surface area contributed by atoms with Gasteiger partial charge in [0, 0.05) is 44.2 Å². The van der Waals surface area contributed by atoms with E-state index in [1.165, 1.54) is 0 Å². The second-order valence-electron chi connectivity index (χ2n) is 7.86. The number of likely N-dealkylation sites (tertiary alicyclic amines) is 2. The van der Waals surface area contributed by atoms with Crippen molar-refractivity contribution in [3.63, 3.8) is 0 Å². The Balaban J connectivity index is 1.43. The number of para-hydroxylation sites is 1. The van der Waals surface area contributed by atoms with Gasteiger partial charge in [-0.05, 0) is 49.7 Å². The largest absolute Gasteiger partial charge is 0.399 e. The second kappa shape index (κ2) is 8.56. The van der Waals surface area contributed by atoms with E-state index in [-0.39, 0.29) is 11.8 Å². The molecule has 1 aromatic rings. The van der Waals surface area contributed by atoms with Crippen LogP contribution >= 0.6 is 0 Å². The number of anilines is 1. The molecule has 2 aliphatic heterocycles. The van der Waals surface area contributed by atoms with Gasteiger partial charge < -0.3 is 15.5 Å². The van der Waals surface area contributed by atoms with Crippen molar-refractivity contribution in [1.29, 1.82) is 0 Å². The predicted octanol–water partition coefficient (Wildman–Crippen LogP) is 2.70. The third kappa shape index (κ3) is 4.57. The lowest BCUT2D eigenvalue weighted by Crippen LogP contribution is -2.46. The maximum Gasteiger partial charge on any atom is 0.225 e. The van der Waals surface area contributed by atoms with Crippen LogP contribution in [-0.2, 0) is 16.0 Å². The summed E-state index contributed by atoms with van der Waals surface area (Å²) >= 11 is 0. The number of nitrogens with two attached hydrogens (primary N) is 1. The number of piperidine rings is 2. The number of nitrogen functional groups attached to an aromatic ring is 1. The minimum absolute atomic E-state index is 0.0947. The van der Waals surface area contributed by atoms with Crippen molar-refractivity contribution in [1.82, 2.24) is 9.80 Å². The number of carbonyl (C=O) groups is 2. The molecule has 0 unspecified atom stereocenters. The van der Waals surface area contributed by atoms with Crippen molar-refractivity contribution < 1.29 is 9.59 Å². The molecule has 0 saturated carbocycles. The van der Waals surface area contributed by atoms with E-state index in [0.29, 0.717) is 31.8 Å². The number of aryl methyl sites for hydroxylation is 1. The van der Waals surface area contributed by atoms with Crippen molar-refractivity contribution in [3.05, 3.63) is 29.8 Å². The number of amides is 2. The lowest BCUT2D eigenvalue weighted by Gasteiger charge is -2.36. The highest BCUT2D eigenvalue weighted by atomic mass is 16.2. The molecule has 0 spiro atoms. The van der Waals surface area contributed by atoms with E-state index in [4.69, 9.17) is 5.73 Å². The van der Waals surface area contributed by atoms with Gasteiger partial charge in [0.2, 0.25) is 11.8 Å². The Morgan fingerprint density at radius 2 is 1.62 bits per heavy atom. The van der Waals surface area contributed by atoms with E-state index >= 15 is 0 Å². The Kier molecular flexibility index (Phi) is 6.17. The second-order valence-corrected chi connectivity index (χ2v) is 7.86. The van der Waals surface area contributed by atoms with Crippen molar-refractivity contribution >= 4 is 17.5 Å². The molecule has 26 heavy (non-hydrogen) atoms. The van der Waals surface area contributed by atoms with E-state index in [0.717, 1.165) is 55.9 Å². The molecule has 2 amide bonds. The fourth-order valence-corrected chi connectivity index (χ4v) is 4.02. The molecule has 2 aliphatic rings. The maximum absolute atomic E-state index is 12.7. The monoisotopic (exact) mass is 357 g/mol. The molecular formula is C21H31N3O2. The first-order valence-electron chi connectivity index (χ1n) is 9.94. The quantitative estimate of drug-likeness (QED) is 0.843. The minimum Gasteiger partial charge on any atom is -0.399 e. The molecule has 5 nitrogen and oxygen atoms in total. The number of benzene rings is 1. The van der Waals surface area contributed by atoms with Crippen LogP contribution in [0.3, 0.4) is 0 Å². The van der Waals surface area contributed by atoms with E-state index < -0.39 is 0 Å². The third-order valence-electron chi connectivity index (χ3n) is 5.96. The van der Waals surface area contributed by atoms with Crippen LogP contribution in [0.1, 0.15) is 44.6 Å². The van der Waals surface area contributed by atoms with Crippen LogP contribution in [-0.4, -0.2) is 47.8 Å². The summed E-state index contributed by atoms with van der Waals surface area (Å²) in [4.78, 5) is 29.1. The molecule has 2 heterocycles. The smallest absolute Gasteiger partial charge is 0.225 e. The van der Waals surface area contributed by atoms with Gasteiger partial charge >= 0.3 is 0 Å². The zero-order valence-electron chi connectivity index (χ0n) is 15.8. The molecule has 5 heteroatoms. The van der Waals surface area contributed by atoms with E-state index in [1.54, 1.807) is 0 Å². The zero-order valence-corrected chi connectivity index (χ0v) is 15.8. The molecule has 3 rings (SSSR count). The standard InChI is InChI=1S/C21H31N3O2/c1-16-8-12-24(13-9-16)21(26)18-10-14-23(15-11-18)20(25)7-6-17-4-2-3-5-19(17)22/h2-5,16,18H,6-15,22H2,1H3. The molecule has 142 valence electrons. The predicted molar refractivity (Wildman–Crippen MR) is 103 cm³/mol. The fraction of sp³-hybridized carbons (Fsp3) is 0.619. The van der Waals surface area contributed by atoms with Crippen LogP contribution in [0.4, 0.5) is 5.69 Å². The Morgan fingerprint density at radius 3 is 2.27 bits per heavy atom. The number of carbonyl (C=O) groups excluding carboxylic acids is 2. The molecule has 2 N–H and O–H groups in total. The van der Waals surface area contributed by atoms with Gasteiger partial charge in [0.05, 0.1) is 0 Å². The van der Waals surface area contributed by atoms with Gasteiger partial charge in [-0.15, -0.1) is 0 Å². The summed E-state index contributed by atoms with van der Waals surface area (Å²) in [5.74, 6) is 1.31. The summed E-state index contributed by atoms with van der Waals surface area (Å²) in [5.41, 5.74) is 7.73. The number of nitrogens with zero attached hydrogens (tertiary/aromatic N) is 2. The average Bonchev–Trinajstić information content (AvgIpc) is 2.67. The first-order valence-corrected chi connectivity index (χ1v) is 9.94. The normalized spacial score (nSPS) is 19.6. The van der Waals surface area contributed by atoms with E-state index in [1.807, 2.05) is 34.1 Å². The minimum atomic E-state index is 0.0947. The molecule has 1 aromatic carbocycles. The number of hydrogen-bond donors (Lipinski definition) is 1. The van der Waals surface area contributed by atoms with Gasteiger partial charge in [-0.1, -0.05) is 25.1 Å². The van der Waals surface area contributed by atoms with Crippen molar-refractivity contribution in [3.8, 4) is 0 Å². The average molecular weight is 357 g/mol. The van der Waals surface area contributed by atoms with E-state index in [2.05, 4.69) is 6.92 Å². The molecule has 0 aliphatic carbocycles. The summed E-state index contributed by atoms with van der Waals surface area (Å²) in [6.45, 7) is 5.46. The third-order valence-corrected chi connectivity index (χ3v) is 5.96. The fourth-order valence-electron chi connectivity index (χ4n) is 4.02. The molecule has 0 bridgehead atoms. The Bertz CT molecular complexity index is 630. The topological polar surface area (TPSA) is 66.6 Å². The van der Waals surface area contributed by atoms with Crippen LogP contribution in [0, 0.1) is 11.8 Å². The summed E-state index contributed by atoms with van der Waals surface area (Å²) in [6.07, 6.45) is 4.98. The zero-order chi connectivity index (χ0) is 18.5. The molecular weight excluding hydrogens is 326 g/mol. The molecule has 0 aromatic heterocycles. The van der Waals surface area contributed by atoms with Gasteiger partial charge in [0.15, 0.2) is 0 Å². The van der Waals surface area contributed by atoms with Crippen LogP contribution in [0.2, 0.25) is 0 Å². The number of rotatable bonds is 4. The Morgan fingerprint density at radius 1 is 1.00 bits per heavy atom. The van der Waals surface area contributed by atoms with Crippen LogP contribution in [0.25, 0.3) is 0 Å². The van der Waals surface area contributed by atoms with Gasteiger partial charge in [0.1, 0.15) is 0 Å². The van der Waals surface area contributed by atoms with Gasteiger partial charge in [0.25, 0.3) is 0 Å². The Labute approximate surface area is 156 Å². The lowest BCUT2D eigenvalue weighted by molar-refractivity contribution is -0.141. The van der Waals surface area contributed by atoms with Gasteiger partial charge in [-0.2, -0.15) is 0 Å². The molecule has 2 saturated heterocycles. The molecule has 0 atom stereocenters. The Hall–Kier alpha value is -2.04. The molecule has 0 radical (unpaired) electrons. The van der Waals surface area contributed by atoms with Gasteiger partial charge in [-0.3, -0.25) is 9.59 Å². The van der Waals surface area contributed by atoms with Crippen LogP contribution in [0.15, 0.2) is 24.3 Å². The van der Waals surface area contributed by atoms with Gasteiger partial charge in [-0.25, -0.2) is 0 Å². The summed E-state index contributed by atoms with van der Waals surface area (Å²) in [5, 5.41) is 0. The highest BCUT2D eigenvalue weighted by Gasteiger charge is 2.31.